The van der Waals surface area contributed by atoms with Crippen LogP contribution in [0, 0.1) is 0 Å². The van der Waals surface area contributed by atoms with Crippen LogP contribution < -0.4 is 15.6 Å². The molecule has 0 bridgehead atoms. The van der Waals surface area contributed by atoms with E-state index in [1.54, 1.807) is 50.8 Å². The zero-order chi connectivity index (χ0) is 21.9. The van der Waals surface area contributed by atoms with E-state index in [1.165, 1.54) is 6.07 Å². The molecule has 1 aliphatic heterocycles. The summed E-state index contributed by atoms with van der Waals surface area (Å²) in [5, 5.41) is 13.2. The zero-order valence-corrected chi connectivity index (χ0v) is 17.9. The summed E-state index contributed by atoms with van der Waals surface area (Å²) in [5.74, 6) is 0.589. The standard InChI is InChI=1S/C21H30N4O5/c1-21(2,3)30-20(28)23-16-7-8-24(13-18(16)26)9-10-25-17-11-14(29-4)12-22-15(17)5-6-19(25)27/h5-6,11-12,16,18,26H,7-10,13H2,1-4H3,(H,23,28)/t16-,18+/m1/s1. The zero-order valence-electron chi connectivity index (χ0n) is 17.9. The topological polar surface area (TPSA) is 106 Å². The minimum absolute atomic E-state index is 0.112. The van der Waals surface area contributed by atoms with E-state index < -0.39 is 17.8 Å². The lowest BCUT2D eigenvalue weighted by atomic mass is 10.0. The number of piperidine rings is 1. The number of hydrogen-bond donors (Lipinski definition) is 2. The van der Waals surface area contributed by atoms with Crippen LogP contribution in [0.3, 0.4) is 0 Å². The van der Waals surface area contributed by atoms with E-state index in [0.29, 0.717) is 43.9 Å². The van der Waals surface area contributed by atoms with Crippen LogP contribution in [-0.2, 0) is 11.3 Å². The van der Waals surface area contributed by atoms with Crippen LogP contribution in [0.25, 0.3) is 11.0 Å². The first-order valence-corrected chi connectivity index (χ1v) is 10.1. The molecule has 1 amide bonds. The van der Waals surface area contributed by atoms with E-state index in [0.717, 1.165) is 5.52 Å². The molecule has 2 aromatic heterocycles. The smallest absolute Gasteiger partial charge is 0.407 e. The van der Waals surface area contributed by atoms with E-state index in [4.69, 9.17) is 9.47 Å². The number of amides is 1. The van der Waals surface area contributed by atoms with Crippen LogP contribution >= 0.6 is 0 Å². The Balaban J connectivity index is 1.61. The van der Waals surface area contributed by atoms with Gasteiger partial charge in [0, 0.05) is 38.3 Å². The number of ether oxygens (including phenoxy) is 2. The average molecular weight is 418 g/mol. The van der Waals surface area contributed by atoms with Gasteiger partial charge in [-0.25, -0.2) is 4.79 Å². The fourth-order valence-electron chi connectivity index (χ4n) is 3.56. The number of nitrogens with one attached hydrogen (secondary N) is 1. The third-order valence-corrected chi connectivity index (χ3v) is 5.06. The average Bonchev–Trinajstić information content (AvgIpc) is 2.67. The van der Waals surface area contributed by atoms with Crippen LogP contribution in [0.5, 0.6) is 5.75 Å². The molecule has 0 aromatic carbocycles. The van der Waals surface area contributed by atoms with Gasteiger partial charge in [-0.15, -0.1) is 0 Å². The molecule has 2 N–H and O–H groups in total. The van der Waals surface area contributed by atoms with Crippen molar-refractivity contribution in [2.75, 3.05) is 26.7 Å². The number of nitrogens with zero attached hydrogens (tertiary/aromatic N) is 3. The fraction of sp³-hybridized carbons (Fsp3) is 0.571. The lowest BCUT2D eigenvalue weighted by Gasteiger charge is -2.36. The Morgan fingerprint density at radius 3 is 2.77 bits per heavy atom. The number of fused-ring (bicyclic) bond motifs is 1. The number of carbonyl (C=O) groups excluding carboxylic acids is 1. The number of aliphatic hydroxyl groups is 1. The van der Waals surface area contributed by atoms with Crippen LogP contribution in [0.2, 0.25) is 0 Å². The van der Waals surface area contributed by atoms with E-state index in [1.807, 2.05) is 0 Å². The first-order chi connectivity index (χ1) is 14.2. The van der Waals surface area contributed by atoms with Crippen LogP contribution in [0.15, 0.2) is 29.2 Å². The van der Waals surface area contributed by atoms with E-state index >= 15 is 0 Å². The molecule has 0 radical (unpaired) electrons. The van der Waals surface area contributed by atoms with Gasteiger partial charge in [0.05, 0.1) is 36.5 Å². The monoisotopic (exact) mass is 418 g/mol. The summed E-state index contributed by atoms with van der Waals surface area (Å²) in [6.45, 7) is 7.54. The van der Waals surface area contributed by atoms with Gasteiger partial charge in [0.15, 0.2) is 0 Å². The van der Waals surface area contributed by atoms with Crippen LogP contribution in [0.4, 0.5) is 4.79 Å². The highest BCUT2D eigenvalue weighted by atomic mass is 16.6. The summed E-state index contributed by atoms with van der Waals surface area (Å²) in [6, 6.07) is 4.65. The summed E-state index contributed by atoms with van der Waals surface area (Å²) in [6.07, 6.45) is 0.983. The van der Waals surface area contributed by atoms with Crippen molar-refractivity contribution < 1.29 is 19.4 Å². The highest BCUT2D eigenvalue weighted by Gasteiger charge is 2.30. The highest BCUT2D eigenvalue weighted by Crippen LogP contribution is 2.17. The second kappa shape index (κ2) is 9.01. The molecule has 3 rings (SSSR count). The molecule has 2 atom stereocenters. The number of aliphatic hydroxyl groups excluding tert-OH is 1. The maximum Gasteiger partial charge on any atom is 0.407 e. The predicted octanol–water partition coefficient (Wildman–Crippen LogP) is 1.36. The number of pyridine rings is 2. The second-order valence-corrected chi connectivity index (χ2v) is 8.51. The van der Waals surface area contributed by atoms with E-state index in [2.05, 4.69) is 15.2 Å². The number of β-amino-alcohol motifs (C(OH)–C–C–N with tert-alkyl or cyclic N) is 1. The molecule has 0 saturated carbocycles. The number of aromatic nitrogens is 2. The minimum Gasteiger partial charge on any atom is -0.495 e. The van der Waals surface area contributed by atoms with Gasteiger partial charge in [0.1, 0.15) is 11.4 Å². The van der Waals surface area contributed by atoms with E-state index in [9.17, 15) is 14.7 Å². The molecule has 3 heterocycles. The maximum absolute atomic E-state index is 12.4. The van der Waals surface area contributed by atoms with Crippen molar-refractivity contribution in [3.8, 4) is 5.75 Å². The Morgan fingerprint density at radius 2 is 2.10 bits per heavy atom. The molecule has 1 aliphatic rings. The van der Waals surface area contributed by atoms with Gasteiger partial charge in [0.25, 0.3) is 5.56 Å². The third kappa shape index (κ3) is 5.48. The molecule has 30 heavy (non-hydrogen) atoms. The molecular weight excluding hydrogens is 388 g/mol. The van der Waals surface area contributed by atoms with Crippen LogP contribution in [0.1, 0.15) is 27.2 Å². The number of likely N-dealkylation sites (tertiary alicyclic amines) is 1. The molecule has 164 valence electrons. The Morgan fingerprint density at radius 1 is 1.33 bits per heavy atom. The molecular formula is C21H30N4O5. The van der Waals surface area contributed by atoms with Crippen molar-refractivity contribution in [1.82, 2.24) is 19.8 Å². The highest BCUT2D eigenvalue weighted by molar-refractivity contribution is 5.75. The molecule has 0 spiro atoms. The Labute approximate surface area is 175 Å². The molecule has 1 fully saturated rings. The third-order valence-electron chi connectivity index (χ3n) is 5.06. The predicted molar refractivity (Wildman–Crippen MR) is 113 cm³/mol. The Kier molecular flexibility index (Phi) is 6.62. The fourth-order valence-corrected chi connectivity index (χ4v) is 3.56. The largest absolute Gasteiger partial charge is 0.495 e. The minimum atomic E-state index is -0.711. The summed E-state index contributed by atoms with van der Waals surface area (Å²) < 4.78 is 12.2. The van der Waals surface area contributed by atoms with Gasteiger partial charge in [-0.05, 0) is 33.3 Å². The number of methoxy groups -OCH3 is 1. The lowest BCUT2D eigenvalue weighted by Crippen LogP contribution is -2.55. The van der Waals surface area contributed by atoms with Crippen molar-refractivity contribution in [2.24, 2.45) is 0 Å². The summed E-state index contributed by atoms with van der Waals surface area (Å²) in [5.41, 5.74) is 0.734. The molecule has 2 aromatic rings. The van der Waals surface area contributed by atoms with Crippen molar-refractivity contribution in [2.45, 2.75) is 51.5 Å². The quantitative estimate of drug-likeness (QED) is 0.755. The van der Waals surface area contributed by atoms with Crippen molar-refractivity contribution in [3.63, 3.8) is 0 Å². The SMILES string of the molecule is COc1cnc2ccc(=O)n(CCN3CC[C@@H](NC(=O)OC(C)(C)C)[C@@H](O)C3)c2c1. The number of carbonyl (C=O) groups is 1. The van der Waals surface area contributed by atoms with Gasteiger partial charge >= 0.3 is 6.09 Å². The molecule has 9 nitrogen and oxygen atoms in total. The lowest BCUT2D eigenvalue weighted by molar-refractivity contribution is 0.0194. The van der Waals surface area contributed by atoms with Gasteiger partial charge in [0.2, 0.25) is 0 Å². The molecule has 0 unspecified atom stereocenters. The van der Waals surface area contributed by atoms with Gasteiger partial charge in [-0.3, -0.25) is 14.7 Å². The Bertz CT molecular complexity index is 953. The summed E-state index contributed by atoms with van der Waals surface area (Å²) >= 11 is 0. The number of alkyl carbamates (subject to hydrolysis) is 1. The van der Waals surface area contributed by atoms with Gasteiger partial charge in [-0.1, -0.05) is 0 Å². The number of rotatable bonds is 5. The maximum atomic E-state index is 12.4. The molecule has 9 heteroatoms. The Hall–Kier alpha value is -2.65. The van der Waals surface area contributed by atoms with E-state index in [-0.39, 0.29) is 11.6 Å². The first kappa shape index (κ1) is 22.0. The second-order valence-electron chi connectivity index (χ2n) is 8.51. The summed E-state index contributed by atoms with van der Waals surface area (Å²) in [4.78, 5) is 30.8. The molecule has 0 aliphatic carbocycles. The first-order valence-electron chi connectivity index (χ1n) is 10.1. The van der Waals surface area contributed by atoms with Gasteiger partial charge in [-0.2, -0.15) is 0 Å². The van der Waals surface area contributed by atoms with Crippen molar-refractivity contribution in [3.05, 3.63) is 34.7 Å². The molecule has 1 saturated heterocycles. The van der Waals surface area contributed by atoms with Crippen molar-refractivity contribution in [1.29, 1.82) is 0 Å². The van der Waals surface area contributed by atoms with Gasteiger partial charge < -0.3 is 24.5 Å². The number of hydrogen-bond acceptors (Lipinski definition) is 7. The van der Waals surface area contributed by atoms with Crippen molar-refractivity contribution >= 4 is 17.1 Å². The normalized spacial score (nSPS) is 20.2. The summed E-state index contributed by atoms with van der Waals surface area (Å²) in [7, 11) is 1.56. The van der Waals surface area contributed by atoms with Crippen LogP contribution in [-0.4, -0.2) is 70.1 Å².